The fourth-order valence-electron chi connectivity index (χ4n) is 3.87. The Balaban J connectivity index is 2.02. The van der Waals surface area contributed by atoms with E-state index < -0.39 is 28.8 Å². The molecule has 2 N–H and O–H groups in total. The van der Waals surface area contributed by atoms with Crippen LogP contribution in [0.5, 0.6) is 0 Å². The SMILES string of the molecule is Cc1ccc(F)c([C@@H](N)C23CCC(F)(CC2)C3)c1F. The van der Waals surface area contributed by atoms with E-state index in [0.717, 1.165) is 0 Å². The Labute approximate surface area is 111 Å². The summed E-state index contributed by atoms with van der Waals surface area (Å²) in [6, 6.07) is 1.89. The number of rotatable bonds is 2. The Morgan fingerprint density at radius 1 is 1.16 bits per heavy atom. The molecule has 1 aromatic rings. The quantitative estimate of drug-likeness (QED) is 0.864. The van der Waals surface area contributed by atoms with E-state index in [4.69, 9.17) is 5.73 Å². The predicted molar refractivity (Wildman–Crippen MR) is 67.4 cm³/mol. The summed E-state index contributed by atoms with van der Waals surface area (Å²) in [7, 11) is 0. The number of halogens is 3. The van der Waals surface area contributed by atoms with Gasteiger partial charge in [0.15, 0.2) is 0 Å². The first-order valence-corrected chi connectivity index (χ1v) is 6.76. The minimum absolute atomic E-state index is 0.0637. The van der Waals surface area contributed by atoms with Crippen LogP contribution in [0, 0.1) is 24.0 Å². The van der Waals surface area contributed by atoms with E-state index in [1.165, 1.54) is 12.1 Å². The number of alkyl halides is 1. The molecule has 0 unspecified atom stereocenters. The first-order valence-electron chi connectivity index (χ1n) is 6.76. The largest absolute Gasteiger partial charge is 0.323 e. The number of aryl methyl sites for hydroxylation is 1. The minimum Gasteiger partial charge on any atom is -0.323 e. The van der Waals surface area contributed by atoms with Crippen LogP contribution >= 0.6 is 0 Å². The zero-order chi connectivity index (χ0) is 13.8. The van der Waals surface area contributed by atoms with Crippen LogP contribution in [0.1, 0.15) is 49.3 Å². The molecule has 2 aliphatic rings. The van der Waals surface area contributed by atoms with E-state index in [2.05, 4.69) is 0 Å². The topological polar surface area (TPSA) is 26.0 Å². The van der Waals surface area contributed by atoms with Crippen molar-refractivity contribution in [2.24, 2.45) is 11.1 Å². The fourth-order valence-corrected chi connectivity index (χ4v) is 3.87. The molecule has 3 rings (SSSR count). The molecule has 0 radical (unpaired) electrons. The first-order chi connectivity index (χ1) is 8.87. The molecule has 2 saturated carbocycles. The van der Waals surface area contributed by atoms with Crippen molar-refractivity contribution in [2.45, 2.75) is 50.7 Å². The molecule has 0 heterocycles. The maximum atomic E-state index is 14.2. The van der Waals surface area contributed by atoms with Gasteiger partial charge in [0.1, 0.15) is 17.3 Å². The number of hydrogen-bond acceptors (Lipinski definition) is 1. The van der Waals surface area contributed by atoms with Gasteiger partial charge in [-0.05, 0) is 56.1 Å². The van der Waals surface area contributed by atoms with Gasteiger partial charge in [-0.2, -0.15) is 0 Å². The Kier molecular flexibility index (Phi) is 2.72. The second-order valence-electron chi connectivity index (χ2n) is 6.26. The summed E-state index contributed by atoms with van der Waals surface area (Å²) in [4.78, 5) is 0. The third kappa shape index (κ3) is 1.80. The average molecular weight is 269 g/mol. The van der Waals surface area contributed by atoms with Crippen LogP contribution in [0.15, 0.2) is 12.1 Å². The molecule has 19 heavy (non-hydrogen) atoms. The summed E-state index contributed by atoms with van der Waals surface area (Å²) >= 11 is 0. The molecule has 0 spiro atoms. The predicted octanol–water partition coefficient (Wildman–Crippen LogP) is 3.95. The number of nitrogens with two attached hydrogens (primary N) is 1. The summed E-state index contributed by atoms with van der Waals surface area (Å²) in [5, 5.41) is 0. The van der Waals surface area contributed by atoms with Crippen LogP contribution in [0.25, 0.3) is 0 Å². The molecule has 0 amide bonds. The summed E-state index contributed by atoms with van der Waals surface area (Å²) in [5.74, 6) is -1.20. The van der Waals surface area contributed by atoms with Gasteiger partial charge in [0.25, 0.3) is 0 Å². The van der Waals surface area contributed by atoms with Crippen molar-refractivity contribution >= 4 is 0 Å². The smallest absolute Gasteiger partial charge is 0.133 e. The molecule has 0 aliphatic heterocycles. The van der Waals surface area contributed by atoms with Gasteiger partial charge >= 0.3 is 0 Å². The molecule has 1 atom stereocenters. The van der Waals surface area contributed by atoms with Crippen LogP contribution in [-0.2, 0) is 0 Å². The van der Waals surface area contributed by atoms with E-state index in [9.17, 15) is 13.2 Å². The van der Waals surface area contributed by atoms with Crippen LogP contribution < -0.4 is 5.73 Å². The van der Waals surface area contributed by atoms with E-state index in [1.54, 1.807) is 6.92 Å². The molecule has 2 fully saturated rings. The third-order valence-electron chi connectivity index (χ3n) is 5.10. The van der Waals surface area contributed by atoms with Crippen molar-refractivity contribution in [1.29, 1.82) is 0 Å². The molecular formula is C15H18F3N. The molecule has 104 valence electrons. The summed E-state index contributed by atoms with van der Waals surface area (Å²) in [6.07, 6.45) is 2.52. The van der Waals surface area contributed by atoms with Gasteiger partial charge in [0.2, 0.25) is 0 Å². The van der Waals surface area contributed by atoms with Crippen molar-refractivity contribution in [3.63, 3.8) is 0 Å². The Morgan fingerprint density at radius 3 is 2.32 bits per heavy atom. The average Bonchev–Trinajstić information content (AvgIpc) is 2.89. The lowest BCUT2D eigenvalue weighted by molar-refractivity contribution is 0.175. The maximum absolute atomic E-state index is 14.2. The number of benzene rings is 1. The first kappa shape index (κ1) is 13.0. The normalized spacial score (nSPS) is 34.8. The third-order valence-corrected chi connectivity index (χ3v) is 5.10. The van der Waals surface area contributed by atoms with Crippen LogP contribution in [0.3, 0.4) is 0 Å². The van der Waals surface area contributed by atoms with Crippen LogP contribution in [0.4, 0.5) is 13.2 Å². The second-order valence-corrected chi connectivity index (χ2v) is 6.26. The number of hydrogen-bond donors (Lipinski definition) is 1. The van der Waals surface area contributed by atoms with Gasteiger partial charge < -0.3 is 5.73 Å². The monoisotopic (exact) mass is 269 g/mol. The lowest BCUT2D eigenvalue weighted by Gasteiger charge is -2.33. The zero-order valence-electron chi connectivity index (χ0n) is 11.0. The van der Waals surface area contributed by atoms with Crippen molar-refractivity contribution in [1.82, 2.24) is 0 Å². The second kappa shape index (κ2) is 3.98. The molecule has 0 aromatic heterocycles. The standard InChI is InChI=1S/C15H18F3N/c1-9-2-3-10(16)11(12(9)17)13(19)14-4-6-15(18,8-14)7-5-14/h2-3,13H,4-8,19H2,1H3/t13-,14?,15?/m1/s1. The Hall–Kier alpha value is -1.03. The van der Waals surface area contributed by atoms with Crippen LogP contribution in [-0.4, -0.2) is 5.67 Å². The van der Waals surface area contributed by atoms with Gasteiger partial charge in [-0.25, -0.2) is 13.2 Å². The van der Waals surface area contributed by atoms with E-state index in [-0.39, 0.29) is 5.56 Å². The highest BCUT2D eigenvalue weighted by molar-refractivity contribution is 5.32. The minimum atomic E-state index is -1.16. The molecule has 4 heteroatoms. The highest BCUT2D eigenvalue weighted by Crippen LogP contribution is 2.62. The maximum Gasteiger partial charge on any atom is 0.133 e. The van der Waals surface area contributed by atoms with Crippen molar-refractivity contribution < 1.29 is 13.2 Å². The Morgan fingerprint density at radius 2 is 1.79 bits per heavy atom. The molecule has 2 bridgehead atoms. The lowest BCUT2D eigenvalue weighted by Crippen LogP contribution is -2.32. The zero-order valence-corrected chi connectivity index (χ0v) is 11.0. The summed E-state index contributed by atoms with van der Waals surface area (Å²) < 4.78 is 42.3. The van der Waals surface area contributed by atoms with Crippen molar-refractivity contribution in [3.05, 3.63) is 34.9 Å². The van der Waals surface area contributed by atoms with Gasteiger partial charge in [-0.15, -0.1) is 0 Å². The van der Waals surface area contributed by atoms with Gasteiger partial charge in [-0.3, -0.25) is 0 Å². The highest BCUT2D eigenvalue weighted by Gasteiger charge is 2.58. The Bertz CT molecular complexity index is 518. The van der Waals surface area contributed by atoms with Crippen molar-refractivity contribution in [3.8, 4) is 0 Å². The number of fused-ring (bicyclic) bond motifs is 2. The van der Waals surface area contributed by atoms with E-state index in [0.29, 0.717) is 37.7 Å². The highest BCUT2D eigenvalue weighted by atomic mass is 19.1. The molecule has 1 nitrogen and oxygen atoms in total. The molecule has 1 aromatic carbocycles. The fraction of sp³-hybridized carbons (Fsp3) is 0.600. The van der Waals surface area contributed by atoms with Crippen LogP contribution in [0.2, 0.25) is 0 Å². The molecular weight excluding hydrogens is 251 g/mol. The van der Waals surface area contributed by atoms with E-state index >= 15 is 0 Å². The molecule has 2 aliphatic carbocycles. The summed E-state index contributed by atoms with van der Waals surface area (Å²) in [5.41, 5.74) is 4.85. The van der Waals surface area contributed by atoms with Gasteiger partial charge in [-0.1, -0.05) is 6.07 Å². The van der Waals surface area contributed by atoms with Gasteiger partial charge in [0.05, 0.1) is 0 Å². The van der Waals surface area contributed by atoms with Crippen molar-refractivity contribution in [2.75, 3.05) is 0 Å². The van der Waals surface area contributed by atoms with E-state index in [1.807, 2.05) is 0 Å². The lowest BCUT2D eigenvalue weighted by atomic mass is 9.74. The molecule has 0 saturated heterocycles. The van der Waals surface area contributed by atoms with Gasteiger partial charge in [0, 0.05) is 11.6 Å². The summed E-state index contributed by atoms with van der Waals surface area (Å²) in [6.45, 7) is 1.59.